The lowest BCUT2D eigenvalue weighted by Gasteiger charge is -2.46. The van der Waals surface area contributed by atoms with Crippen molar-refractivity contribution in [2.75, 3.05) is 0 Å². The van der Waals surface area contributed by atoms with Gasteiger partial charge in [-0.05, 0) is 64.3 Å². The molecule has 0 spiro atoms. The molecule has 1 aromatic heterocycles. The first kappa shape index (κ1) is 23.0. The molecule has 0 saturated carbocycles. The Bertz CT molecular complexity index is 1100. The number of carbonyl (C=O) groups is 2. The maximum atomic E-state index is 12.8. The lowest BCUT2D eigenvalue weighted by atomic mass is 9.79. The van der Waals surface area contributed by atoms with Gasteiger partial charge in [0.2, 0.25) is 0 Å². The number of carboxylic acid groups (broad SMARTS) is 1. The summed E-state index contributed by atoms with van der Waals surface area (Å²) in [5.74, 6) is -1.64. The summed E-state index contributed by atoms with van der Waals surface area (Å²) in [6, 6.07) is 7.72. The molecule has 0 bridgehead atoms. The minimum atomic E-state index is -4.26. The van der Waals surface area contributed by atoms with Crippen LogP contribution in [0.3, 0.4) is 0 Å². The molecule has 3 rings (SSSR count). The monoisotopic (exact) mass is 448 g/mol. The number of hydrogen-bond acceptors (Lipinski definition) is 5. The van der Waals surface area contributed by atoms with Gasteiger partial charge in [0, 0.05) is 34.4 Å². The fraction of sp³-hybridized carbons (Fsp3) is 0.429. The zero-order chi connectivity index (χ0) is 23.2. The highest BCUT2D eigenvalue weighted by molar-refractivity contribution is 7.87. The van der Waals surface area contributed by atoms with Gasteiger partial charge in [-0.2, -0.15) is 8.42 Å². The van der Waals surface area contributed by atoms with Crippen LogP contribution >= 0.6 is 0 Å². The molecule has 168 valence electrons. The number of aromatic carboxylic acids is 1. The third kappa shape index (κ3) is 5.15. The van der Waals surface area contributed by atoms with Gasteiger partial charge in [-0.15, -0.1) is 0 Å². The van der Waals surface area contributed by atoms with Crippen LogP contribution in [-0.2, 0) is 10.2 Å². The molecule has 2 aromatic rings. The fourth-order valence-corrected chi connectivity index (χ4v) is 5.22. The predicted octanol–water partition coefficient (Wildman–Crippen LogP) is 1.94. The lowest BCUT2D eigenvalue weighted by molar-refractivity contribution is 0.0689. The molecule has 1 aliphatic heterocycles. The largest absolute Gasteiger partial charge is 0.477 e. The standard InChI is InChI=1S/C21H28N4O5S/c1-20(2)11-15(12-21(3,4)24-20)23-18(26)14-7-5-13(6-8-14)16-9-10-25(31(22,29)30)17(16)19(27)28/h5-10,15,24H,11-12H2,1-4H3,(H,23,26)(H,27,28)(H2,22,29,30). The Hall–Kier alpha value is -2.69. The first-order valence-corrected chi connectivity index (χ1v) is 11.4. The average molecular weight is 449 g/mol. The molecule has 1 aromatic carbocycles. The van der Waals surface area contributed by atoms with Gasteiger partial charge in [-0.25, -0.2) is 13.9 Å². The molecule has 5 N–H and O–H groups in total. The number of benzene rings is 1. The first-order chi connectivity index (χ1) is 14.2. The van der Waals surface area contributed by atoms with Crippen molar-refractivity contribution in [2.45, 2.75) is 57.7 Å². The topological polar surface area (TPSA) is 144 Å². The highest BCUT2D eigenvalue weighted by atomic mass is 32.2. The summed E-state index contributed by atoms with van der Waals surface area (Å²) >= 11 is 0. The van der Waals surface area contributed by atoms with E-state index in [9.17, 15) is 23.1 Å². The number of nitrogens with one attached hydrogen (secondary N) is 2. The first-order valence-electron chi connectivity index (χ1n) is 9.87. The summed E-state index contributed by atoms with van der Waals surface area (Å²) in [6.45, 7) is 8.43. The van der Waals surface area contributed by atoms with E-state index in [4.69, 9.17) is 5.14 Å². The van der Waals surface area contributed by atoms with Gasteiger partial charge in [0.1, 0.15) is 0 Å². The zero-order valence-electron chi connectivity index (χ0n) is 18.0. The zero-order valence-corrected chi connectivity index (χ0v) is 18.8. The van der Waals surface area contributed by atoms with Crippen LogP contribution in [0.25, 0.3) is 11.1 Å². The number of piperidine rings is 1. The normalized spacial score (nSPS) is 18.5. The molecule has 0 atom stereocenters. The summed E-state index contributed by atoms with van der Waals surface area (Å²) < 4.78 is 23.8. The van der Waals surface area contributed by atoms with Gasteiger partial charge in [-0.3, -0.25) is 4.79 Å². The van der Waals surface area contributed by atoms with E-state index in [0.29, 0.717) is 15.1 Å². The van der Waals surface area contributed by atoms with E-state index < -0.39 is 21.9 Å². The summed E-state index contributed by atoms with van der Waals surface area (Å²) in [4.78, 5) is 24.4. The molecule has 1 aliphatic rings. The summed E-state index contributed by atoms with van der Waals surface area (Å²) in [6.07, 6.45) is 2.68. The quantitative estimate of drug-likeness (QED) is 0.550. The minimum absolute atomic E-state index is 0.0147. The third-order valence-corrected chi connectivity index (χ3v) is 6.16. The van der Waals surface area contributed by atoms with Crippen molar-refractivity contribution >= 4 is 22.1 Å². The van der Waals surface area contributed by atoms with Crippen molar-refractivity contribution in [2.24, 2.45) is 5.14 Å². The minimum Gasteiger partial charge on any atom is -0.477 e. The van der Waals surface area contributed by atoms with Gasteiger partial charge in [0.15, 0.2) is 5.69 Å². The lowest BCUT2D eigenvalue weighted by Crippen LogP contribution is -2.62. The number of aromatic nitrogens is 1. The second-order valence-electron chi connectivity index (χ2n) is 9.27. The molecule has 1 saturated heterocycles. The van der Waals surface area contributed by atoms with Crippen molar-refractivity contribution in [3.05, 3.63) is 47.8 Å². The number of hydrogen-bond donors (Lipinski definition) is 4. The Balaban J connectivity index is 1.82. The predicted molar refractivity (Wildman–Crippen MR) is 117 cm³/mol. The van der Waals surface area contributed by atoms with E-state index in [0.717, 1.165) is 19.0 Å². The third-order valence-electron chi connectivity index (χ3n) is 5.31. The van der Waals surface area contributed by atoms with Gasteiger partial charge in [0.05, 0.1) is 0 Å². The molecule has 1 amide bonds. The van der Waals surface area contributed by atoms with Crippen molar-refractivity contribution in [1.29, 1.82) is 0 Å². The Morgan fingerprint density at radius 3 is 2.13 bits per heavy atom. The Morgan fingerprint density at radius 2 is 1.65 bits per heavy atom. The number of nitrogens with two attached hydrogens (primary N) is 1. The SMILES string of the molecule is CC1(C)CC(NC(=O)c2ccc(-c3ccn(S(N)(=O)=O)c3C(=O)O)cc2)CC(C)(C)N1. The van der Waals surface area contributed by atoms with Gasteiger partial charge in [0.25, 0.3) is 5.91 Å². The summed E-state index contributed by atoms with van der Waals surface area (Å²) in [5, 5.41) is 21.2. The van der Waals surface area contributed by atoms with Crippen LogP contribution in [0.1, 0.15) is 61.4 Å². The van der Waals surface area contributed by atoms with Crippen LogP contribution < -0.4 is 15.8 Å². The van der Waals surface area contributed by atoms with Crippen LogP contribution in [0.2, 0.25) is 0 Å². The van der Waals surface area contributed by atoms with E-state index in [1.807, 2.05) is 0 Å². The van der Waals surface area contributed by atoms with Crippen LogP contribution in [0.5, 0.6) is 0 Å². The highest BCUT2D eigenvalue weighted by Gasteiger charge is 2.38. The van der Waals surface area contributed by atoms with Gasteiger partial charge < -0.3 is 15.7 Å². The molecule has 9 nitrogen and oxygen atoms in total. The molecule has 0 radical (unpaired) electrons. The molecule has 0 unspecified atom stereocenters. The second-order valence-corrected chi connectivity index (χ2v) is 10.7. The molecule has 0 aliphatic carbocycles. The van der Waals surface area contributed by atoms with Crippen LogP contribution in [0.4, 0.5) is 0 Å². The van der Waals surface area contributed by atoms with Crippen LogP contribution in [0, 0.1) is 0 Å². The van der Waals surface area contributed by atoms with Gasteiger partial charge in [-0.1, -0.05) is 12.1 Å². The number of nitrogens with zero attached hydrogens (tertiary/aromatic N) is 1. The smallest absolute Gasteiger partial charge is 0.354 e. The van der Waals surface area contributed by atoms with Crippen molar-refractivity contribution in [3.63, 3.8) is 0 Å². The Morgan fingerprint density at radius 1 is 1.10 bits per heavy atom. The number of amides is 1. The van der Waals surface area contributed by atoms with E-state index in [1.165, 1.54) is 6.07 Å². The van der Waals surface area contributed by atoms with Crippen LogP contribution in [-0.4, -0.2) is 46.5 Å². The maximum absolute atomic E-state index is 12.8. The highest BCUT2D eigenvalue weighted by Crippen LogP contribution is 2.29. The van der Waals surface area contributed by atoms with E-state index in [-0.39, 0.29) is 28.6 Å². The van der Waals surface area contributed by atoms with E-state index in [2.05, 4.69) is 38.3 Å². The summed E-state index contributed by atoms with van der Waals surface area (Å²) in [5.41, 5.74) is 0.413. The van der Waals surface area contributed by atoms with Crippen LogP contribution in [0.15, 0.2) is 36.5 Å². The van der Waals surface area contributed by atoms with Crippen molar-refractivity contribution in [1.82, 2.24) is 14.6 Å². The molecular formula is C21H28N4O5S. The Labute approximate surface area is 181 Å². The molecule has 1 fully saturated rings. The van der Waals surface area contributed by atoms with Crippen molar-refractivity contribution < 1.29 is 23.1 Å². The number of carbonyl (C=O) groups excluding carboxylic acids is 1. The Kier molecular flexibility index (Phi) is 5.76. The molecule has 10 heteroatoms. The van der Waals surface area contributed by atoms with Crippen molar-refractivity contribution in [3.8, 4) is 11.1 Å². The number of rotatable bonds is 5. The van der Waals surface area contributed by atoms with E-state index in [1.54, 1.807) is 24.3 Å². The molecular weight excluding hydrogens is 420 g/mol. The molecule has 31 heavy (non-hydrogen) atoms. The fourth-order valence-electron chi connectivity index (χ4n) is 4.56. The molecule has 2 heterocycles. The van der Waals surface area contributed by atoms with Gasteiger partial charge >= 0.3 is 16.2 Å². The summed E-state index contributed by atoms with van der Waals surface area (Å²) in [7, 11) is -4.26. The maximum Gasteiger partial charge on any atom is 0.354 e. The van der Waals surface area contributed by atoms with E-state index >= 15 is 0 Å². The second kappa shape index (κ2) is 7.77. The number of carboxylic acids is 1. The average Bonchev–Trinajstić information content (AvgIpc) is 3.04.